The minimum atomic E-state index is -0.441. The van der Waals surface area contributed by atoms with Gasteiger partial charge in [0.2, 0.25) is 0 Å². The molecule has 0 spiro atoms. The van der Waals surface area contributed by atoms with Crippen molar-refractivity contribution in [2.75, 3.05) is 11.9 Å². The number of benzene rings is 1. The van der Waals surface area contributed by atoms with Gasteiger partial charge in [-0.1, -0.05) is 6.07 Å². The quantitative estimate of drug-likeness (QED) is 0.692. The molecule has 1 saturated carbocycles. The van der Waals surface area contributed by atoms with E-state index >= 15 is 0 Å². The Balaban J connectivity index is 1.44. The standard InChI is InChI=1S/C24H24FN5O/c1-15-3-8-22(28-13-15)29-20-11-16-4-7-21(20)30(14-16)24(31)19-12-17(25)5-6-18(19)23-26-9-2-10-27-23/h2-3,5-6,8-10,12-13,16,20-21H,4,7,11,14H2,1H3,(H,28,29)/t16-,20+,21-/m0/s1. The van der Waals surface area contributed by atoms with Gasteiger partial charge in [0.1, 0.15) is 11.6 Å². The number of rotatable bonds is 4. The van der Waals surface area contributed by atoms with Gasteiger partial charge < -0.3 is 10.2 Å². The number of anilines is 1. The van der Waals surface area contributed by atoms with E-state index in [-0.39, 0.29) is 18.0 Å². The number of hydrogen-bond acceptors (Lipinski definition) is 5. The van der Waals surface area contributed by atoms with E-state index in [2.05, 4.69) is 20.3 Å². The Morgan fingerprint density at radius 1 is 1.13 bits per heavy atom. The zero-order valence-corrected chi connectivity index (χ0v) is 17.3. The first-order valence-electron chi connectivity index (χ1n) is 10.7. The maximum absolute atomic E-state index is 14.1. The molecular formula is C24H24FN5O. The smallest absolute Gasteiger partial charge is 0.255 e. The van der Waals surface area contributed by atoms with Crippen molar-refractivity contribution in [3.8, 4) is 11.4 Å². The largest absolute Gasteiger partial charge is 0.365 e. The maximum Gasteiger partial charge on any atom is 0.255 e. The highest BCUT2D eigenvalue weighted by molar-refractivity contribution is 6.00. The van der Waals surface area contributed by atoms with E-state index in [1.165, 1.54) is 12.1 Å². The number of fused-ring (bicyclic) bond motifs is 3. The van der Waals surface area contributed by atoms with Gasteiger partial charge in [-0.05, 0) is 68.0 Å². The summed E-state index contributed by atoms with van der Waals surface area (Å²) >= 11 is 0. The van der Waals surface area contributed by atoms with Crippen molar-refractivity contribution < 1.29 is 9.18 Å². The van der Waals surface area contributed by atoms with E-state index in [9.17, 15) is 9.18 Å². The number of carbonyl (C=O) groups excluding carboxylic acids is 1. The maximum atomic E-state index is 14.1. The molecule has 2 saturated heterocycles. The lowest BCUT2D eigenvalue weighted by atomic mass is 9.76. The Morgan fingerprint density at radius 3 is 2.71 bits per heavy atom. The topological polar surface area (TPSA) is 71.0 Å². The molecule has 1 aliphatic carbocycles. The van der Waals surface area contributed by atoms with Crippen LogP contribution in [0.1, 0.15) is 35.2 Å². The van der Waals surface area contributed by atoms with Crippen molar-refractivity contribution in [2.45, 2.75) is 38.3 Å². The molecule has 6 rings (SSSR count). The second kappa shape index (κ2) is 8.06. The molecule has 31 heavy (non-hydrogen) atoms. The molecule has 1 aromatic carbocycles. The number of amides is 1. The summed E-state index contributed by atoms with van der Waals surface area (Å²) in [6.45, 7) is 2.70. The van der Waals surface area contributed by atoms with Crippen molar-refractivity contribution in [2.24, 2.45) is 5.92 Å². The average molecular weight is 417 g/mol. The number of hydrogen-bond donors (Lipinski definition) is 1. The van der Waals surface area contributed by atoms with E-state index in [4.69, 9.17) is 0 Å². The van der Waals surface area contributed by atoms with E-state index in [1.54, 1.807) is 24.5 Å². The van der Waals surface area contributed by atoms with Crippen LogP contribution in [0, 0.1) is 18.7 Å². The van der Waals surface area contributed by atoms with Crippen LogP contribution in [-0.4, -0.2) is 44.4 Å². The molecule has 2 aliphatic heterocycles. The molecule has 6 nitrogen and oxygen atoms in total. The summed E-state index contributed by atoms with van der Waals surface area (Å²) in [6, 6.07) is 10.1. The fourth-order valence-corrected chi connectivity index (χ4v) is 4.81. The number of halogens is 1. The lowest BCUT2D eigenvalue weighted by molar-refractivity contribution is 0.0282. The zero-order valence-electron chi connectivity index (χ0n) is 17.3. The first-order chi connectivity index (χ1) is 15.1. The monoisotopic (exact) mass is 417 g/mol. The number of nitrogens with zero attached hydrogens (tertiary/aromatic N) is 4. The molecule has 2 bridgehead atoms. The van der Waals surface area contributed by atoms with Gasteiger partial charge in [0.05, 0.1) is 11.6 Å². The van der Waals surface area contributed by atoms with Crippen LogP contribution >= 0.6 is 0 Å². The van der Waals surface area contributed by atoms with Gasteiger partial charge >= 0.3 is 0 Å². The Kier molecular flexibility index (Phi) is 5.10. The zero-order chi connectivity index (χ0) is 21.4. The predicted molar refractivity (Wildman–Crippen MR) is 116 cm³/mol. The van der Waals surface area contributed by atoms with Gasteiger partial charge in [-0.2, -0.15) is 0 Å². The van der Waals surface area contributed by atoms with Crippen molar-refractivity contribution in [3.05, 3.63) is 71.9 Å². The summed E-state index contributed by atoms with van der Waals surface area (Å²) in [6.07, 6.45) is 8.11. The Labute approximate surface area is 180 Å². The van der Waals surface area contributed by atoms with Crippen LogP contribution in [0.25, 0.3) is 11.4 Å². The second-order valence-electron chi connectivity index (χ2n) is 8.44. The van der Waals surface area contributed by atoms with Crippen molar-refractivity contribution in [1.29, 1.82) is 0 Å². The van der Waals surface area contributed by atoms with Crippen LogP contribution < -0.4 is 5.32 Å². The molecule has 158 valence electrons. The third kappa shape index (κ3) is 3.87. The molecule has 3 atom stereocenters. The number of nitrogens with one attached hydrogen (secondary N) is 1. The fraction of sp³-hybridized carbons (Fsp3) is 0.333. The summed E-state index contributed by atoms with van der Waals surface area (Å²) < 4.78 is 14.1. The van der Waals surface area contributed by atoms with Crippen molar-refractivity contribution in [1.82, 2.24) is 19.9 Å². The molecule has 3 fully saturated rings. The fourth-order valence-electron chi connectivity index (χ4n) is 4.81. The molecule has 2 aromatic heterocycles. The first-order valence-corrected chi connectivity index (χ1v) is 10.7. The third-order valence-electron chi connectivity index (χ3n) is 6.30. The molecule has 1 N–H and O–H groups in total. The number of carbonyl (C=O) groups is 1. The van der Waals surface area contributed by atoms with E-state index in [0.29, 0.717) is 29.4 Å². The molecule has 1 amide bonds. The molecule has 4 heterocycles. The summed E-state index contributed by atoms with van der Waals surface area (Å²) in [4.78, 5) is 28.6. The number of piperidine rings is 2. The molecule has 0 unspecified atom stereocenters. The Hall–Kier alpha value is -3.35. The van der Waals surface area contributed by atoms with Gasteiger partial charge in [0, 0.05) is 36.7 Å². The molecule has 3 aromatic rings. The highest BCUT2D eigenvalue weighted by Crippen LogP contribution is 2.38. The van der Waals surface area contributed by atoms with Crippen molar-refractivity contribution in [3.63, 3.8) is 0 Å². The lowest BCUT2D eigenvalue weighted by Crippen LogP contribution is -2.59. The number of aryl methyl sites for hydroxylation is 1. The van der Waals surface area contributed by atoms with Gasteiger partial charge in [0.15, 0.2) is 5.82 Å². The molecule has 0 radical (unpaired) electrons. The predicted octanol–water partition coefficient (Wildman–Crippen LogP) is 4.09. The van der Waals surface area contributed by atoms with Gasteiger partial charge in [0.25, 0.3) is 5.91 Å². The minimum Gasteiger partial charge on any atom is -0.365 e. The molecule has 3 aliphatic rings. The van der Waals surface area contributed by atoms with Gasteiger partial charge in [-0.15, -0.1) is 0 Å². The van der Waals surface area contributed by atoms with Crippen LogP contribution in [-0.2, 0) is 0 Å². The first kappa shape index (κ1) is 19.6. The highest BCUT2D eigenvalue weighted by Gasteiger charge is 2.43. The average Bonchev–Trinajstić information content (AvgIpc) is 2.81. The SMILES string of the molecule is Cc1ccc(N[C@@H]2C[C@@H]3CC[C@@H]2N(C(=O)c2cc(F)ccc2-c2ncccn2)C3)nc1. The van der Waals surface area contributed by atoms with Gasteiger partial charge in [-0.25, -0.2) is 19.3 Å². The van der Waals surface area contributed by atoms with Crippen LogP contribution in [0.4, 0.5) is 10.2 Å². The number of pyridine rings is 1. The van der Waals surface area contributed by atoms with Crippen LogP contribution in [0.2, 0.25) is 0 Å². The minimum absolute atomic E-state index is 0.0356. The van der Waals surface area contributed by atoms with Crippen LogP contribution in [0.5, 0.6) is 0 Å². The molecular weight excluding hydrogens is 393 g/mol. The summed E-state index contributed by atoms with van der Waals surface area (Å²) in [7, 11) is 0. The summed E-state index contributed by atoms with van der Waals surface area (Å²) in [5, 5.41) is 3.53. The summed E-state index contributed by atoms with van der Waals surface area (Å²) in [5.74, 6) is 1.05. The molecule has 7 heteroatoms. The third-order valence-corrected chi connectivity index (χ3v) is 6.30. The van der Waals surface area contributed by atoms with Gasteiger partial charge in [-0.3, -0.25) is 4.79 Å². The second-order valence-corrected chi connectivity index (χ2v) is 8.44. The van der Waals surface area contributed by atoms with E-state index < -0.39 is 5.82 Å². The normalized spacial score (nSPS) is 22.4. The summed E-state index contributed by atoms with van der Waals surface area (Å²) in [5.41, 5.74) is 1.97. The Bertz CT molecular complexity index is 1090. The number of aromatic nitrogens is 3. The van der Waals surface area contributed by atoms with E-state index in [0.717, 1.165) is 30.6 Å². The van der Waals surface area contributed by atoms with Crippen LogP contribution in [0.3, 0.4) is 0 Å². The van der Waals surface area contributed by atoms with Crippen molar-refractivity contribution >= 4 is 11.7 Å². The van der Waals surface area contributed by atoms with Crippen LogP contribution in [0.15, 0.2) is 55.0 Å². The highest BCUT2D eigenvalue weighted by atomic mass is 19.1. The lowest BCUT2D eigenvalue weighted by Gasteiger charge is -2.50. The Morgan fingerprint density at radius 2 is 1.97 bits per heavy atom. The van der Waals surface area contributed by atoms with E-state index in [1.807, 2.05) is 30.2 Å².